The van der Waals surface area contributed by atoms with E-state index in [-0.39, 0.29) is 18.9 Å². The monoisotopic (exact) mass is 635 g/mol. The Balaban J connectivity index is 2.63. The summed E-state index contributed by atoms with van der Waals surface area (Å²) in [5.74, 6) is -1.88. The second-order valence-corrected chi connectivity index (χ2v) is 13.8. The molecule has 3 atom stereocenters. The van der Waals surface area contributed by atoms with E-state index >= 15 is 0 Å². The zero-order chi connectivity index (χ0) is 34.7. The summed E-state index contributed by atoms with van der Waals surface area (Å²) in [6.45, 7) is 20.3. The van der Waals surface area contributed by atoms with Gasteiger partial charge in [-0.05, 0) is 76.6 Å². The molecule has 0 spiro atoms. The second kappa shape index (κ2) is 17.0. The van der Waals surface area contributed by atoms with Crippen molar-refractivity contribution in [2.45, 2.75) is 111 Å². The van der Waals surface area contributed by atoms with Gasteiger partial charge < -0.3 is 25.0 Å². The largest absolute Gasteiger partial charge is 0.458 e. The van der Waals surface area contributed by atoms with E-state index in [1.54, 1.807) is 65.8 Å². The van der Waals surface area contributed by atoms with Crippen LogP contribution in [0.1, 0.15) is 97.9 Å². The molecule has 0 bridgehead atoms. The number of nitrogens with one attached hydrogen (secondary N) is 2. The van der Waals surface area contributed by atoms with Gasteiger partial charge in [0.2, 0.25) is 11.8 Å². The molecule has 0 saturated heterocycles. The molecule has 0 aliphatic heterocycles. The van der Waals surface area contributed by atoms with Gasteiger partial charge in [0.15, 0.2) is 0 Å². The molecule has 0 fully saturated rings. The standard InChI is InChI=1S/C37H53N3O6/c1-11-13-22-40(33(42)30(25(3)4)39-35(44)46-37(8,9)10)31(28-21-17-20-26(12-2)23-28)32(41)38-29(34(43)45-36(5,6)7)24-27-18-15-14-16-19-27/h12,14-21,23,25,29-31H,2,11,13,22,24H2,1,3-10H3,(H,38,41)(H,39,44). The lowest BCUT2D eigenvalue weighted by molar-refractivity contribution is -0.159. The molecule has 2 rings (SSSR count). The number of ether oxygens (including phenoxy) is 2. The van der Waals surface area contributed by atoms with E-state index in [0.29, 0.717) is 12.0 Å². The van der Waals surface area contributed by atoms with Gasteiger partial charge in [-0.15, -0.1) is 0 Å². The van der Waals surface area contributed by atoms with Crippen molar-refractivity contribution in [3.63, 3.8) is 0 Å². The highest BCUT2D eigenvalue weighted by Crippen LogP contribution is 2.26. The summed E-state index contributed by atoms with van der Waals surface area (Å²) in [6, 6.07) is 13.4. The Bertz CT molecular complexity index is 1330. The highest BCUT2D eigenvalue weighted by molar-refractivity contribution is 5.94. The molecule has 0 radical (unpaired) electrons. The molecule has 0 aromatic heterocycles. The highest BCUT2D eigenvalue weighted by atomic mass is 16.6. The Morgan fingerprint density at radius 2 is 1.52 bits per heavy atom. The summed E-state index contributed by atoms with van der Waals surface area (Å²) in [5, 5.41) is 5.67. The molecule has 3 unspecified atom stereocenters. The fourth-order valence-corrected chi connectivity index (χ4v) is 4.82. The summed E-state index contributed by atoms with van der Waals surface area (Å²) in [5.41, 5.74) is 0.596. The predicted molar refractivity (Wildman–Crippen MR) is 182 cm³/mol. The molecule has 2 N–H and O–H groups in total. The van der Waals surface area contributed by atoms with Crippen LogP contribution in [0.5, 0.6) is 0 Å². The number of hydrogen-bond donors (Lipinski definition) is 2. The molecule has 3 amide bonds. The van der Waals surface area contributed by atoms with Crippen LogP contribution in [0.25, 0.3) is 6.08 Å². The van der Waals surface area contributed by atoms with Crippen LogP contribution in [0.15, 0.2) is 61.2 Å². The zero-order valence-electron chi connectivity index (χ0n) is 29.0. The van der Waals surface area contributed by atoms with E-state index in [9.17, 15) is 19.2 Å². The number of benzene rings is 2. The summed E-state index contributed by atoms with van der Waals surface area (Å²) < 4.78 is 11.2. The molecule has 0 heterocycles. The quantitative estimate of drug-likeness (QED) is 0.226. The number of hydrogen-bond acceptors (Lipinski definition) is 6. The molecule has 2 aromatic rings. The summed E-state index contributed by atoms with van der Waals surface area (Å²) in [7, 11) is 0. The summed E-state index contributed by atoms with van der Waals surface area (Å²) in [4.78, 5) is 56.7. The van der Waals surface area contributed by atoms with Crippen molar-refractivity contribution in [2.75, 3.05) is 6.54 Å². The van der Waals surface area contributed by atoms with Gasteiger partial charge in [-0.3, -0.25) is 9.59 Å². The van der Waals surface area contributed by atoms with Gasteiger partial charge in [0, 0.05) is 13.0 Å². The first-order chi connectivity index (χ1) is 21.5. The van der Waals surface area contributed by atoms with Crippen molar-refractivity contribution in [1.82, 2.24) is 15.5 Å². The van der Waals surface area contributed by atoms with Crippen LogP contribution in [0, 0.1) is 5.92 Å². The van der Waals surface area contributed by atoms with Crippen molar-refractivity contribution in [2.24, 2.45) is 5.92 Å². The van der Waals surface area contributed by atoms with E-state index in [2.05, 4.69) is 17.2 Å². The Hall–Kier alpha value is -4.14. The third kappa shape index (κ3) is 12.3. The van der Waals surface area contributed by atoms with Gasteiger partial charge in [0.25, 0.3) is 0 Å². The molecule has 9 nitrogen and oxygen atoms in total. The number of alkyl carbamates (subject to hydrolysis) is 1. The van der Waals surface area contributed by atoms with Gasteiger partial charge in [-0.2, -0.15) is 0 Å². The van der Waals surface area contributed by atoms with Crippen LogP contribution in [0.2, 0.25) is 0 Å². The van der Waals surface area contributed by atoms with Gasteiger partial charge in [0.1, 0.15) is 29.3 Å². The first kappa shape index (κ1) is 38.0. The second-order valence-electron chi connectivity index (χ2n) is 13.8. The molecular weight excluding hydrogens is 582 g/mol. The molecule has 2 aromatic carbocycles. The molecule has 9 heteroatoms. The Morgan fingerprint density at radius 3 is 2.07 bits per heavy atom. The van der Waals surface area contributed by atoms with Crippen LogP contribution in [-0.4, -0.2) is 58.6 Å². The first-order valence-electron chi connectivity index (χ1n) is 16.0. The maximum absolute atomic E-state index is 14.5. The van der Waals surface area contributed by atoms with E-state index < -0.39 is 53.2 Å². The van der Waals surface area contributed by atoms with Crippen molar-refractivity contribution in [3.8, 4) is 0 Å². The van der Waals surface area contributed by atoms with Crippen LogP contribution in [0.4, 0.5) is 4.79 Å². The van der Waals surface area contributed by atoms with Crippen molar-refractivity contribution >= 4 is 30.0 Å². The first-order valence-corrected chi connectivity index (χ1v) is 16.0. The molecule has 0 saturated carbocycles. The van der Waals surface area contributed by atoms with E-state index in [1.807, 2.05) is 57.2 Å². The number of amides is 3. The minimum absolute atomic E-state index is 0.193. The smallest absolute Gasteiger partial charge is 0.408 e. The molecule has 0 aliphatic carbocycles. The topological polar surface area (TPSA) is 114 Å². The number of rotatable bonds is 14. The van der Waals surface area contributed by atoms with E-state index in [0.717, 1.165) is 17.5 Å². The average Bonchev–Trinajstić information content (AvgIpc) is 2.96. The lowest BCUT2D eigenvalue weighted by Crippen LogP contribution is -2.56. The van der Waals surface area contributed by atoms with Gasteiger partial charge in [-0.1, -0.05) is 88.4 Å². The maximum Gasteiger partial charge on any atom is 0.408 e. The minimum atomic E-state index is -1.12. The number of esters is 1. The third-order valence-electron chi connectivity index (χ3n) is 6.95. The van der Waals surface area contributed by atoms with Gasteiger partial charge >= 0.3 is 12.1 Å². The Morgan fingerprint density at radius 1 is 0.891 bits per heavy atom. The Kier molecular flexibility index (Phi) is 14.0. The highest BCUT2D eigenvalue weighted by Gasteiger charge is 2.39. The zero-order valence-corrected chi connectivity index (χ0v) is 29.0. The van der Waals surface area contributed by atoms with Gasteiger partial charge in [-0.25, -0.2) is 9.59 Å². The minimum Gasteiger partial charge on any atom is -0.458 e. The van der Waals surface area contributed by atoms with Crippen LogP contribution in [0.3, 0.4) is 0 Å². The fourth-order valence-electron chi connectivity index (χ4n) is 4.82. The maximum atomic E-state index is 14.5. The SMILES string of the molecule is C=Cc1cccc(C(C(=O)NC(Cc2ccccc2)C(=O)OC(C)(C)C)N(CCCC)C(=O)C(NC(=O)OC(C)(C)C)C(C)C)c1. The van der Waals surface area contributed by atoms with E-state index in [1.165, 1.54) is 4.90 Å². The lowest BCUT2D eigenvalue weighted by Gasteiger charge is -2.36. The van der Waals surface area contributed by atoms with Crippen LogP contribution >= 0.6 is 0 Å². The Labute approximate surface area is 275 Å². The van der Waals surface area contributed by atoms with Crippen LogP contribution < -0.4 is 10.6 Å². The van der Waals surface area contributed by atoms with Crippen molar-refractivity contribution in [3.05, 3.63) is 77.9 Å². The molecular formula is C37H53N3O6. The van der Waals surface area contributed by atoms with Gasteiger partial charge in [0.05, 0.1) is 0 Å². The fraction of sp³-hybridized carbons (Fsp3) is 0.514. The lowest BCUT2D eigenvalue weighted by atomic mass is 9.96. The number of unbranched alkanes of at least 4 members (excludes halogenated alkanes) is 1. The summed E-state index contributed by atoms with van der Waals surface area (Å²) in [6.07, 6.45) is 2.49. The van der Waals surface area contributed by atoms with Crippen LogP contribution in [-0.2, 0) is 30.3 Å². The predicted octanol–water partition coefficient (Wildman–Crippen LogP) is 6.62. The molecule has 46 heavy (non-hydrogen) atoms. The van der Waals surface area contributed by atoms with E-state index in [4.69, 9.17) is 9.47 Å². The number of carbonyl (C=O) groups is 4. The average molecular weight is 636 g/mol. The van der Waals surface area contributed by atoms with Crippen molar-refractivity contribution in [1.29, 1.82) is 0 Å². The number of carbonyl (C=O) groups excluding carboxylic acids is 4. The summed E-state index contributed by atoms with van der Waals surface area (Å²) >= 11 is 0. The molecule has 252 valence electrons. The van der Waals surface area contributed by atoms with Crippen molar-refractivity contribution < 1.29 is 28.7 Å². The third-order valence-corrected chi connectivity index (χ3v) is 6.95. The number of nitrogens with zero attached hydrogens (tertiary/aromatic N) is 1. The molecule has 0 aliphatic rings. The normalized spacial score (nSPS) is 13.6.